The number of ether oxygens (including phenoxy) is 1. The summed E-state index contributed by atoms with van der Waals surface area (Å²) in [5.74, 6) is 0.425. The molecule has 3 aliphatic rings. The summed E-state index contributed by atoms with van der Waals surface area (Å²) < 4.78 is 6.27. The van der Waals surface area contributed by atoms with Gasteiger partial charge in [-0.3, -0.25) is 14.7 Å². The fourth-order valence-electron chi connectivity index (χ4n) is 5.61. The highest BCUT2D eigenvalue weighted by Crippen LogP contribution is 2.54. The van der Waals surface area contributed by atoms with Crippen LogP contribution in [0.2, 0.25) is 0 Å². The zero-order chi connectivity index (χ0) is 17.7. The number of carbonyl (C=O) groups excluding carboxylic acids is 1. The number of hydrogen-bond acceptors (Lipinski definition) is 4. The lowest BCUT2D eigenvalue weighted by Gasteiger charge is -2.60. The van der Waals surface area contributed by atoms with Gasteiger partial charge in [-0.25, -0.2) is 0 Å². The smallest absolute Gasteiger partial charge is 0.267 e. The Morgan fingerprint density at radius 2 is 1.96 bits per heavy atom. The summed E-state index contributed by atoms with van der Waals surface area (Å²) >= 11 is 0. The summed E-state index contributed by atoms with van der Waals surface area (Å²) in [6, 6.07) is 3.87. The molecule has 2 atom stereocenters. The molecule has 1 saturated heterocycles. The Kier molecular flexibility index (Phi) is 4.12. The van der Waals surface area contributed by atoms with E-state index >= 15 is 0 Å². The first-order valence-electron chi connectivity index (χ1n) is 9.56. The van der Waals surface area contributed by atoms with E-state index < -0.39 is 5.91 Å². The third-order valence-electron chi connectivity index (χ3n) is 7.20. The second-order valence-corrected chi connectivity index (χ2v) is 8.37. The van der Waals surface area contributed by atoms with Crippen LogP contribution in [0.3, 0.4) is 0 Å². The van der Waals surface area contributed by atoms with Gasteiger partial charge in [-0.1, -0.05) is 6.42 Å². The lowest BCUT2D eigenvalue weighted by Crippen LogP contribution is -2.65. The first kappa shape index (κ1) is 17.0. The number of rotatable bonds is 4. The van der Waals surface area contributed by atoms with Crippen LogP contribution in [0, 0.1) is 11.8 Å². The largest absolute Gasteiger partial charge is 0.373 e. The number of fused-ring (bicyclic) bond motifs is 2. The van der Waals surface area contributed by atoms with Crippen LogP contribution in [0.5, 0.6) is 0 Å². The molecule has 5 nitrogen and oxygen atoms in total. The van der Waals surface area contributed by atoms with Gasteiger partial charge in [-0.05, 0) is 56.7 Å². The Morgan fingerprint density at radius 1 is 1.28 bits per heavy atom. The molecule has 1 aromatic rings. The zero-order valence-electron chi connectivity index (χ0n) is 15.3. The lowest BCUT2D eigenvalue weighted by molar-refractivity contribution is -0.188. The monoisotopic (exact) mass is 343 g/mol. The average molecular weight is 343 g/mol. The molecule has 2 N–H and O–H groups in total. The second kappa shape index (κ2) is 6.06. The normalized spacial score (nSPS) is 34.3. The van der Waals surface area contributed by atoms with E-state index in [4.69, 9.17) is 10.5 Å². The van der Waals surface area contributed by atoms with Crippen LogP contribution in [0.25, 0.3) is 0 Å². The molecule has 2 saturated carbocycles. The Morgan fingerprint density at radius 3 is 2.48 bits per heavy atom. The summed E-state index contributed by atoms with van der Waals surface area (Å²) in [6.45, 7) is 4.58. The number of nitrogens with two attached hydrogens (primary N) is 1. The minimum atomic E-state index is -0.474. The number of piperidine rings is 1. The molecule has 2 bridgehead atoms. The highest BCUT2D eigenvalue weighted by Gasteiger charge is 2.56. The van der Waals surface area contributed by atoms with Crippen molar-refractivity contribution < 1.29 is 9.53 Å². The summed E-state index contributed by atoms with van der Waals surface area (Å²) in [5, 5.41) is 0. The third kappa shape index (κ3) is 2.51. The molecule has 0 radical (unpaired) electrons. The molecule has 5 heteroatoms. The van der Waals surface area contributed by atoms with Crippen molar-refractivity contribution in [3.8, 4) is 0 Å². The van der Waals surface area contributed by atoms with Gasteiger partial charge in [0.25, 0.3) is 5.91 Å². The fourth-order valence-corrected chi connectivity index (χ4v) is 5.61. The Bertz CT molecular complexity index is 657. The van der Waals surface area contributed by atoms with Gasteiger partial charge in [0.05, 0.1) is 0 Å². The van der Waals surface area contributed by atoms with E-state index in [-0.39, 0.29) is 5.60 Å². The van der Waals surface area contributed by atoms with Crippen molar-refractivity contribution in [1.29, 1.82) is 0 Å². The average Bonchev–Trinajstić information content (AvgIpc) is 2.58. The summed E-state index contributed by atoms with van der Waals surface area (Å²) in [7, 11) is 1.83. The lowest BCUT2D eigenvalue weighted by atomic mass is 9.61. The standard InChI is InChI=1S/C20H29N3O2/c1-19(8-4-9-19)23-12-15-5-3-6-16(13-23)20(15,25-2)14-7-10-22-17(11-14)18(21)24/h7,10-11,15-16H,3-6,8-9,12-13H2,1-2H3,(H2,21,24). The molecular weight excluding hydrogens is 314 g/mol. The number of methoxy groups -OCH3 is 1. The van der Waals surface area contributed by atoms with E-state index in [0.29, 0.717) is 23.1 Å². The maximum atomic E-state index is 11.6. The van der Waals surface area contributed by atoms with Gasteiger partial charge in [-0.2, -0.15) is 0 Å². The van der Waals surface area contributed by atoms with Crippen LogP contribution < -0.4 is 5.73 Å². The van der Waals surface area contributed by atoms with Crippen molar-refractivity contribution in [1.82, 2.24) is 9.88 Å². The van der Waals surface area contributed by atoms with E-state index in [9.17, 15) is 4.79 Å². The minimum Gasteiger partial charge on any atom is -0.373 e. The van der Waals surface area contributed by atoms with E-state index in [1.165, 1.54) is 38.5 Å². The van der Waals surface area contributed by atoms with Crippen molar-refractivity contribution >= 4 is 5.91 Å². The van der Waals surface area contributed by atoms with Gasteiger partial charge >= 0.3 is 0 Å². The molecule has 136 valence electrons. The number of pyridine rings is 1. The topological polar surface area (TPSA) is 68.5 Å². The zero-order valence-corrected chi connectivity index (χ0v) is 15.3. The maximum Gasteiger partial charge on any atom is 0.267 e. The minimum absolute atomic E-state index is 0.317. The maximum absolute atomic E-state index is 11.6. The van der Waals surface area contributed by atoms with Gasteiger partial charge < -0.3 is 10.5 Å². The number of primary amides is 1. The van der Waals surface area contributed by atoms with Gasteiger partial charge in [0.15, 0.2) is 0 Å². The predicted molar refractivity (Wildman–Crippen MR) is 96.1 cm³/mol. The van der Waals surface area contributed by atoms with Crippen LogP contribution in [0.1, 0.15) is 61.5 Å². The third-order valence-corrected chi connectivity index (χ3v) is 7.20. The van der Waals surface area contributed by atoms with Crippen LogP contribution in [-0.2, 0) is 10.3 Å². The molecular formula is C20H29N3O2. The van der Waals surface area contributed by atoms with Crippen LogP contribution in [-0.4, -0.2) is 41.5 Å². The second-order valence-electron chi connectivity index (χ2n) is 8.37. The summed E-state index contributed by atoms with van der Waals surface area (Å²) in [4.78, 5) is 18.5. The molecule has 1 aliphatic heterocycles. The van der Waals surface area contributed by atoms with E-state index in [0.717, 1.165) is 18.7 Å². The molecule has 2 aliphatic carbocycles. The quantitative estimate of drug-likeness (QED) is 0.913. The molecule has 0 spiro atoms. The number of aromatic nitrogens is 1. The Hall–Kier alpha value is -1.46. The van der Waals surface area contributed by atoms with Crippen molar-refractivity contribution in [3.05, 3.63) is 29.6 Å². The fraction of sp³-hybridized carbons (Fsp3) is 0.700. The van der Waals surface area contributed by atoms with Gasteiger partial charge in [0.2, 0.25) is 0 Å². The molecule has 2 heterocycles. The first-order chi connectivity index (χ1) is 12.0. The highest BCUT2D eigenvalue weighted by molar-refractivity contribution is 5.90. The van der Waals surface area contributed by atoms with Crippen molar-refractivity contribution in [2.24, 2.45) is 17.6 Å². The van der Waals surface area contributed by atoms with Gasteiger partial charge in [-0.15, -0.1) is 0 Å². The number of amides is 1. The first-order valence-corrected chi connectivity index (χ1v) is 9.56. The van der Waals surface area contributed by atoms with Crippen LogP contribution in [0.15, 0.2) is 18.3 Å². The summed E-state index contributed by atoms with van der Waals surface area (Å²) in [5.41, 5.74) is 6.94. The molecule has 2 unspecified atom stereocenters. The van der Waals surface area contributed by atoms with Crippen LogP contribution >= 0.6 is 0 Å². The molecule has 0 aromatic carbocycles. The number of likely N-dealkylation sites (tertiary alicyclic amines) is 1. The highest BCUT2D eigenvalue weighted by atomic mass is 16.5. The molecule has 3 fully saturated rings. The van der Waals surface area contributed by atoms with Crippen molar-refractivity contribution in [3.63, 3.8) is 0 Å². The van der Waals surface area contributed by atoms with Gasteiger partial charge in [0.1, 0.15) is 11.3 Å². The molecule has 4 rings (SSSR count). The molecule has 25 heavy (non-hydrogen) atoms. The predicted octanol–water partition coefficient (Wildman–Crippen LogP) is 2.70. The summed E-state index contributed by atoms with van der Waals surface area (Å²) in [6.07, 6.45) is 9.28. The molecule has 1 aromatic heterocycles. The Balaban J connectivity index is 1.71. The van der Waals surface area contributed by atoms with E-state index in [1.807, 2.05) is 19.2 Å². The van der Waals surface area contributed by atoms with Crippen molar-refractivity contribution in [2.75, 3.05) is 20.2 Å². The molecule has 1 amide bonds. The van der Waals surface area contributed by atoms with Crippen LogP contribution in [0.4, 0.5) is 0 Å². The van der Waals surface area contributed by atoms with E-state index in [1.54, 1.807) is 6.20 Å². The van der Waals surface area contributed by atoms with Crippen molar-refractivity contribution in [2.45, 2.75) is 56.6 Å². The van der Waals surface area contributed by atoms with E-state index in [2.05, 4.69) is 16.8 Å². The number of carbonyl (C=O) groups is 1. The number of nitrogens with zero attached hydrogens (tertiary/aromatic N) is 2. The number of hydrogen-bond donors (Lipinski definition) is 1. The van der Waals surface area contributed by atoms with Gasteiger partial charge in [0, 0.05) is 43.8 Å². The Labute approximate surface area is 149 Å². The SMILES string of the molecule is COC1(c2ccnc(C(N)=O)c2)C2CCCC1CN(C1(C)CCC1)C2.